The highest BCUT2D eigenvalue weighted by atomic mass is 28.5. The van der Waals surface area contributed by atoms with Crippen LogP contribution in [0.25, 0.3) is 0 Å². The van der Waals surface area contributed by atoms with Crippen molar-refractivity contribution in [2.24, 2.45) is 10.8 Å². The fraction of sp³-hybridized carbons (Fsp3) is 0.875. The molecule has 0 radical (unpaired) electrons. The monoisotopic (exact) mass is 580 g/mol. The Balaban J connectivity index is 5.57. The Morgan fingerprint density at radius 3 is 1.47 bits per heavy atom. The molecule has 1 atom stereocenters. The molecule has 1 unspecified atom stereocenters. The molecule has 12 heteroatoms. The van der Waals surface area contributed by atoms with Crippen LogP contribution in [0.4, 0.5) is 0 Å². The van der Waals surface area contributed by atoms with Gasteiger partial charge in [-0.25, -0.2) is 0 Å². The van der Waals surface area contributed by atoms with E-state index in [1.165, 1.54) is 7.11 Å². The van der Waals surface area contributed by atoms with Gasteiger partial charge in [-0.3, -0.25) is 14.4 Å². The van der Waals surface area contributed by atoms with Crippen LogP contribution >= 0.6 is 0 Å². The van der Waals surface area contributed by atoms with Crippen LogP contribution in [0.3, 0.4) is 0 Å². The quantitative estimate of drug-likeness (QED) is 0.0951. The van der Waals surface area contributed by atoms with Gasteiger partial charge in [-0.1, -0.05) is 6.92 Å². The Morgan fingerprint density at radius 2 is 1.14 bits per heavy atom. The fourth-order valence-electron chi connectivity index (χ4n) is 3.63. The number of methoxy groups -OCH3 is 1. The maximum Gasteiger partial charge on any atom is 0.469 e. The minimum Gasteiger partial charge on any atom is -0.469 e. The third kappa shape index (κ3) is 12.3. The molecular formula is C24H52O8Si4. The third-order valence-electron chi connectivity index (χ3n) is 5.36. The average molecular weight is 581 g/mol. The Morgan fingerprint density at radius 1 is 0.722 bits per heavy atom. The molecule has 0 aromatic carbocycles. The number of esters is 2. The maximum absolute atomic E-state index is 13.1. The Bertz CT molecular complexity index is 725. The highest BCUT2D eigenvalue weighted by Gasteiger charge is 2.50. The molecule has 0 amide bonds. The van der Waals surface area contributed by atoms with Gasteiger partial charge in [0.25, 0.3) is 0 Å². The van der Waals surface area contributed by atoms with Crippen LogP contribution in [0, 0.1) is 10.8 Å². The van der Waals surface area contributed by atoms with Crippen LogP contribution < -0.4 is 0 Å². The molecule has 0 saturated heterocycles. The van der Waals surface area contributed by atoms with Gasteiger partial charge < -0.3 is 21.8 Å². The third-order valence-corrected chi connectivity index (χ3v) is 17.4. The molecule has 36 heavy (non-hydrogen) atoms. The number of hydrogen-bond donors (Lipinski definition) is 0. The number of ketones is 1. The number of rotatable bonds is 16. The van der Waals surface area contributed by atoms with Gasteiger partial charge in [0.1, 0.15) is 5.41 Å². The number of carbonyl (C=O) groups excluding carboxylic acids is 3. The molecule has 212 valence electrons. The van der Waals surface area contributed by atoms with E-state index >= 15 is 0 Å². The minimum absolute atomic E-state index is 0.104. The van der Waals surface area contributed by atoms with Crippen LogP contribution in [-0.2, 0) is 36.2 Å². The van der Waals surface area contributed by atoms with Crippen LogP contribution in [0.1, 0.15) is 47.0 Å². The lowest BCUT2D eigenvalue weighted by atomic mass is 9.75. The van der Waals surface area contributed by atoms with Gasteiger partial charge in [0.05, 0.1) is 19.1 Å². The van der Waals surface area contributed by atoms with Crippen molar-refractivity contribution in [1.82, 2.24) is 0 Å². The molecule has 0 heterocycles. The van der Waals surface area contributed by atoms with E-state index in [1.807, 2.05) is 0 Å². The molecule has 0 aliphatic carbocycles. The summed E-state index contributed by atoms with van der Waals surface area (Å²) < 4.78 is 30.4. The highest BCUT2D eigenvalue weighted by Crippen LogP contribution is 2.33. The largest absolute Gasteiger partial charge is 0.469 e. The lowest BCUT2D eigenvalue weighted by molar-refractivity contribution is -0.163. The van der Waals surface area contributed by atoms with Gasteiger partial charge in [0.2, 0.25) is 0 Å². The van der Waals surface area contributed by atoms with Crippen molar-refractivity contribution in [3.8, 4) is 0 Å². The summed E-state index contributed by atoms with van der Waals surface area (Å²) >= 11 is 0. The molecule has 0 aliphatic rings. The average Bonchev–Trinajstić information content (AvgIpc) is 2.65. The van der Waals surface area contributed by atoms with Crippen LogP contribution in [-0.4, -0.2) is 65.2 Å². The first-order chi connectivity index (χ1) is 15.9. The van der Waals surface area contributed by atoms with Gasteiger partial charge in [0.15, 0.2) is 30.7 Å². The van der Waals surface area contributed by atoms with Gasteiger partial charge in [0, 0.05) is 12.5 Å². The molecule has 0 N–H and O–H groups in total. The predicted molar refractivity (Wildman–Crippen MR) is 153 cm³/mol. The zero-order valence-electron chi connectivity index (χ0n) is 25.3. The van der Waals surface area contributed by atoms with Crippen molar-refractivity contribution in [2.75, 3.05) is 13.7 Å². The van der Waals surface area contributed by atoms with Crippen LogP contribution in [0.15, 0.2) is 0 Å². The topological polar surface area (TPSA) is 97.4 Å². The summed E-state index contributed by atoms with van der Waals surface area (Å²) in [5, 5.41) is 0. The lowest BCUT2D eigenvalue weighted by Gasteiger charge is -2.42. The van der Waals surface area contributed by atoms with E-state index < -0.39 is 56.5 Å². The van der Waals surface area contributed by atoms with Crippen molar-refractivity contribution in [2.45, 2.75) is 112 Å². The SMILES string of the molecule is CCC(C)(C(=O)CC(C)(C)C(=O)OC)C(=O)OCCC[Si](O[Si](C)(C)C)(O[Si](C)(C)C)O[Si](C)(C)C. The Kier molecular flexibility index (Phi) is 12.7. The van der Waals surface area contributed by atoms with Crippen molar-refractivity contribution in [3.05, 3.63) is 0 Å². The van der Waals surface area contributed by atoms with Gasteiger partial charge in [-0.05, 0) is 92.5 Å². The molecule has 0 spiro atoms. The van der Waals surface area contributed by atoms with E-state index in [4.69, 9.17) is 21.8 Å². The van der Waals surface area contributed by atoms with Crippen molar-refractivity contribution >= 4 is 51.5 Å². The number of carbonyl (C=O) groups is 3. The number of Topliss-reactive ketones (excluding diaryl/α,β-unsaturated/α-hetero) is 1. The molecule has 8 nitrogen and oxygen atoms in total. The second-order valence-corrected chi connectivity index (χ2v) is 30.2. The fourth-order valence-corrected chi connectivity index (χ4v) is 18.3. The van der Waals surface area contributed by atoms with Crippen molar-refractivity contribution in [3.63, 3.8) is 0 Å². The van der Waals surface area contributed by atoms with Crippen molar-refractivity contribution in [1.29, 1.82) is 0 Å². The summed E-state index contributed by atoms with van der Waals surface area (Å²) in [6, 6.07) is 0.547. The molecular weight excluding hydrogens is 529 g/mol. The second-order valence-electron chi connectivity index (χ2n) is 13.2. The summed E-state index contributed by atoms with van der Waals surface area (Å²) in [5.74, 6) is -1.40. The van der Waals surface area contributed by atoms with Gasteiger partial charge >= 0.3 is 20.7 Å². The van der Waals surface area contributed by atoms with E-state index in [2.05, 4.69) is 58.9 Å². The first-order valence-corrected chi connectivity index (χ1v) is 25.0. The standard InChI is InChI=1S/C24H52O8Si4/c1-15-24(4,20(25)19-23(2,3)21(26)28-5)22(27)29-17-16-18-36(30-33(6,7)8,31-34(9,10)11)32-35(12,13)14/h15-19H2,1-14H3. The van der Waals surface area contributed by atoms with E-state index in [0.717, 1.165) is 0 Å². The summed E-state index contributed by atoms with van der Waals surface area (Å²) in [5.41, 5.74) is -2.36. The van der Waals surface area contributed by atoms with Gasteiger partial charge in [-0.15, -0.1) is 0 Å². The first-order valence-electron chi connectivity index (χ1n) is 12.8. The van der Waals surface area contributed by atoms with E-state index in [0.29, 0.717) is 12.5 Å². The van der Waals surface area contributed by atoms with E-state index in [-0.39, 0.29) is 25.2 Å². The summed E-state index contributed by atoms with van der Waals surface area (Å²) in [6.45, 7) is 25.9. The molecule has 0 saturated carbocycles. The Labute approximate surface area is 223 Å². The number of ether oxygens (including phenoxy) is 2. The van der Waals surface area contributed by atoms with Crippen LogP contribution in [0.5, 0.6) is 0 Å². The Hall–Kier alpha value is -0.642. The molecule has 0 bridgehead atoms. The lowest BCUT2D eigenvalue weighted by Crippen LogP contribution is -2.60. The number of hydrogen-bond acceptors (Lipinski definition) is 8. The second kappa shape index (κ2) is 12.9. The molecule has 0 rings (SSSR count). The smallest absolute Gasteiger partial charge is 0.469 e. The van der Waals surface area contributed by atoms with Crippen molar-refractivity contribution < 1.29 is 36.2 Å². The predicted octanol–water partition coefficient (Wildman–Crippen LogP) is 5.99. The normalized spacial score (nSPS) is 15.3. The van der Waals surface area contributed by atoms with E-state index in [1.54, 1.807) is 27.7 Å². The summed E-state index contributed by atoms with van der Waals surface area (Å²) in [6.07, 6.45) is 0.684. The molecule has 0 aromatic rings. The molecule has 0 aromatic heterocycles. The van der Waals surface area contributed by atoms with Crippen LogP contribution in [0.2, 0.25) is 65.0 Å². The van der Waals surface area contributed by atoms with Gasteiger partial charge in [-0.2, -0.15) is 0 Å². The summed E-state index contributed by atoms with van der Waals surface area (Å²) in [4.78, 5) is 38.2. The molecule has 0 aliphatic heterocycles. The molecule has 0 fully saturated rings. The maximum atomic E-state index is 13.1. The first kappa shape index (κ1) is 35.4. The zero-order valence-corrected chi connectivity index (χ0v) is 29.3. The minimum atomic E-state index is -3.02. The summed E-state index contributed by atoms with van der Waals surface area (Å²) in [7, 11) is -7.72. The van der Waals surface area contributed by atoms with E-state index in [9.17, 15) is 14.4 Å². The highest BCUT2D eigenvalue weighted by molar-refractivity contribution is 6.90. The zero-order chi connectivity index (χ0) is 28.8.